The van der Waals surface area contributed by atoms with Gasteiger partial charge < -0.3 is 5.32 Å². The van der Waals surface area contributed by atoms with Crippen molar-refractivity contribution < 1.29 is 0 Å². The predicted octanol–water partition coefficient (Wildman–Crippen LogP) is 3.23. The van der Waals surface area contributed by atoms with E-state index in [4.69, 9.17) is 10.5 Å². The fourth-order valence-electron chi connectivity index (χ4n) is 2.11. The molecular weight excluding hydrogens is 234 g/mol. The molecule has 0 amide bonds. The lowest BCUT2D eigenvalue weighted by Gasteiger charge is -2.23. The zero-order chi connectivity index (χ0) is 14.0. The second-order valence-electron chi connectivity index (χ2n) is 5.49. The third kappa shape index (κ3) is 2.51. The zero-order valence-electron chi connectivity index (χ0n) is 11.3. The highest BCUT2D eigenvalue weighted by Gasteiger charge is 2.23. The van der Waals surface area contributed by atoms with Crippen molar-refractivity contribution in [3.8, 4) is 12.1 Å². The van der Waals surface area contributed by atoms with Gasteiger partial charge in [0.2, 0.25) is 0 Å². The number of fused-ring (bicyclic) bond motifs is 1. The summed E-state index contributed by atoms with van der Waals surface area (Å²) in [6.07, 6.45) is 1.89. The molecule has 3 nitrogen and oxygen atoms in total. The molecule has 0 saturated carbocycles. The van der Waals surface area contributed by atoms with Crippen LogP contribution in [0.4, 0.5) is 0 Å². The number of rotatable bonds is 1. The first-order valence-corrected chi connectivity index (χ1v) is 6.10. The van der Waals surface area contributed by atoms with E-state index < -0.39 is 0 Å². The quantitative estimate of drug-likeness (QED) is 0.777. The highest BCUT2D eigenvalue weighted by Crippen LogP contribution is 2.36. The van der Waals surface area contributed by atoms with Crippen LogP contribution in [0.1, 0.15) is 31.9 Å². The highest BCUT2D eigenvalue weighted by molar-refractivity contribution is 5.98. The minimum absolute atomic E-state index is 0.0756. The fourth-order valence-corrected chi connectivity index (χ4v) is 2.11. The molecule has 1 N–H and O–H groups in total. The van der Waals surface area contributed by atoms with E-state index in [1.165, 1.54) is 0 Å². The van der Waals surface area contributed by atoms with Gasteiger partial charge in [0, 0.05) is 22.4 Å². The van der Waals surface area contributed by atoms with Crippen molar-refractivity contribution in [2.24, 2.45) is 0 Å². The molecule has 0 spiro atoms. The number of nitriles is 2. The average Bonchev–Trinajstić information content (AvgIpc) is 2.69. The van der Waals surface area contributed by atoms with Crippen molar-refractivity contribution in [3.63, 3.8) is 0 Å². The van der Waals surface area contributed by atoms with E-state index in [1.807, 2.05) is 42.5 Å². The van der Waals surface area contributed by atoms with Gasteiger partial charge in [0.05, 0.1) is 0 Å². The molecule has 1 aliphatic carbocycles. The minimum Gasteiger partial charge on any atom is -0.380 e. The number of allylic oxidation sites excluding steroid dienone is 3. The summed E-state index contributed by atoms with van der Waals surface area (Å²) in [7, 11) is 0. The van der Waals surface area contributed by atoms with Crippen LogP contribution in [0.3, 0.4) is 0 Å². The first kappa shape index (κ1) is 12.9. The van der Waals surface area contributed by atoms with Gasteiger partial charge in [-0.15, -0.1) is 0 Å². The second-order valence-corrected chi connectivity index (χ2v) is 5.49. The van der Waals surface area contributed by atoms with E-state index in [2.05, 4.69) is 26.1 Å². The summed E-state index contributed by atoms with van der Waals surface area (Å²) < 4.78 is 0. The van der Waals surface area contributed by atoms with Gasteiger partial charge in [-0.3, -0.25) is 0 Å². The number of nitrogens with zero attached hydrogens (tertiary/aromatic N) is 2. The lowest BCUT2D eigenvalue weighted by atomic mass is 10.0. The molecule has 0 heterocycles. The van der Waals surface area contributed by atoms with Gasteiger partial charge in [-0.2, -0.15) is 10.5 Å². The van der Waals surface area contributed by atoms with Crippen LogP contribution in [0, 0.1) is 22.7 Å². The second kappa shape index (κ2) is 4.63. The molecule has 0 aliphatic heterocycles. The molecule has 0 radical (unpaired) electrons. The Morgan fingerprint density at radius 1 is 1.05 bits per heavy atom. The average molecular weight is 249 g/mol. The molecule has 1 aromatic rings. The number of hydrogen-bond donors (Lipinski definition) is 1. The van der Waals surface area contributed by atoms with E-state index in [-0.39, 0.29) is 11.1 Å². The normalized spacial score (nSPS) is 13.1. The summed E-state index contributed by atoms with van der Waals surface area (Å²) in [5, 5.41) is 21.5. The Morgan fingerprint density at radius 3 is 2.16 bits per heavy atom. The van der Waals surface area contributed by atoms with Gasteiger partial charge >= 0.3 is 0 Å². The minimum atomic E-state index is -0.0756. The maximum Gasteiger partial charge on any atom is 0.137 e. The number of benzene rings is 1. The fraction of sp³-hybridized carbons (Fsp3) is 0.250. The van der Waals surface area contributed by atoms with Crippen LogP contribution in [-0.2, 0) is 0 Å². The highest BCUT2D eigenvalue weighted by atomic mass is 15.0. The Bertz CT molecular complexity index is 642. The largest absolute Gasteiger partial charge is 0.380 e. The van der Waals surface area contributed by atoms with Crippen LogP contribution in [0.15, 0.2) is 35.9 Å². The van der Waals surface area contributed by atoms with Crippen LogP contribution < -0.4 is 5.32 Å². The van der Waals surface area contributed by atoms with Gasteiger partial charge in [-0.05, 0) is 32.4 Å². The van der Waals surface area contributed by atoms with Crippen molar-refractivity contribution in [1.29, 1.82) is 10.5 Å². The Kier molecular flexibility index (Phi) is 3.15. The van der Waals surface area contributed by atoms with Crippen molar-refractivity contribution >= 4 is 11.3 Å². The van der Waals surface area contributed by atoms with Crippen LogP contribution in [0.25, 0.3) is 11.3 Å². The molecule has 0 unspecified atom stereocenters. The van der Waals surface area contributed by atoms with E-state index in [1.54, 1.807) is 0 Å². The van der Waals surface area contributed by atoms with Crippen LogP contribution in [0.2, 0.25) is 0 Å². The van der Waals surface area contributed by atoms with E-state index in [0.29, 0.717) is 5.57 Å². The molecule has 3 heteroatoms. The Hall–Kier alpha value is -2.52. The zero-order valence-corrected chi connectivity index (χ0v) is 11.3. The summed E-state index contributed by atoms with van der Waals surface area (Å²) >= 11 is 0. The molecule has 0 fully saturated rings. The Morgan fingerprint density at radius 2 is 1.63 bits per heavy atom. The molecule has 0 aromatic heterocycles. The Balaban J connectivity index is 2.60. The van der Waals surface area contributed by atoms with E-state index in [0.717, 1.165) is 16.8 Å². The molecule has 0 atom stereocenters. The molecule has 94 valence electrons. The summed E-state index contributed by atoms with van der Waals surface area (Å²) in [4.78, 5) is 0. The smallest absolute Gasteiger partial charge is 0.137 e. The standard InChI is InChI=1S/C16H15N3/c1-16(2,3)19-15-8-14(11(9-17)10-18)12-6-4-5-7-13(12)15/h4-8,19H,1-3H3. The van der Waals surface area contributed by atoms with Crippen molar-refractivity contribution in [2.45, 2.75) is 26.3 Å². The first-order chi connectivity index (χ1) is 8.96. The maximum absolute atomic E-state index is 9.05. The summed E-state index contributed by atoms with van der Waals surface area (Å²) in [6, 6.07) is 11.7. The lowest BCUT2D eigenvalue weighted by Crippen LogP contribution is -2.33. The summed E-state index contributed by atoms with van der Waals surface area (Å²) in [5.41, 5.74) is 3.71. The van der Waals surface area contributed by atoms with Crippen LogP contribution in [0.5, 0.6) is 0 Å². The number of nitrogens with one attached hydrogen (secondary N) is 1. The van der Waals surface area contributed by atoms with Gasteiger partial charge in [0.1, 0.15) is 17.7 Å². The van der Waals surface area contributed by atoms with Gasteiger partial charge in [0.15, 0.2) is 0 Å². The first-order valence-electron chi connectivity index (χ1n) is 6.10. The van der Waals surface area contributed by atoms with Crippen molar-refractivity contribution in [3.05, 3.63) is 47.0 Å². The third-order valence-electron chi connectivity index (χ3n) is 2.80. The molecular formula is C16H15N3. The molecule has 1 aromatic carbocycles. The Labute approximate surface area is 113 Å². The summed E-state index contributed by atoms with van der Waals surface area (Å²) in [5.74, 6) is 0. The predicted molar refractivity (Wildman–Crippen MR) is 75.5 cm³/mol. The van der Waals surface area contributed by atoms with Gasteiger partial charge in [-0.25, -0.2) is 0 Å². The maximum atomic E-state index is 9.05. The lowest BCUT2D eigenvalue weighted by molar-refractivity contribution is 0.502. The number of hydrogen-bond acceptors (Lipinski definition) is 3. The van der Waals surface area contributed by atoms with Gasteiger partial charge in [0.25, 0.3) is 0 Å². The van der Waals surface area contributed by atoms with Crippen molar-refractivity contribution in [2.75, 3.05) is 0 Å². The molecule has 19 heavy (non-hydrogen) atoms. The van der Waals surface area contributed by atoms with E-state index >= 15 is 0 Å². The molecule has 1 aliphatic rings. The SMILES string of the molecule is CC(C)(C)NC1=CC(=C(C#N)C#N)c2ccccc21. The topological polar surface area (TPSA) is 59.6 Å². The van der Waals surface area contributed by atoms with E-state index in [9.17, 15) is 0 Å². The molecule has 0 bridgehead atoms. The van der Waals surface area contributed by atoms with Gasteiger partial charge in [-0.1, -0.05) is 24.3 Å². The molecule has 2 rings (SSSR count). The molecule has 0 saturated heterocycles. The summed E-state index contributed by atoms with van der Waals surface area (Å²) in [6.45, 7) is 6.23. The third-order valence-corrected chi connectivity index (χ3v) is 2.80. The van der Waals surface area contributed by atoms with Crippen LogP contribution in [-0.4, -0.2) is 5.54 Å². The monoisotopic (exact) mass is 249 g/mol. The van der Waals surface area contributed by atoms with Crippen LogP contribution >= 0.6 is 0 Å². The van der Waals surface area contributed by atoms with Crippen molar-refractivity contribution in [1.82, 2.24) is 5.32 Å².